The van der Waals surface area contributed by atoms with Gasteiger partial charge in [0.05, 0.1) is 16.7 Å². The number of aldehydes is 1. The number of hydrogen-bond acceptors (Lipinski definition) is 5. The summed E-state index contributed by atoms with van der Waals surface area (Å²) in [6.45, 7) is 0. The lowest BCUT2D eigenvalue weighted by Gasteiger charge is -1.96. The maximum absolute atomic E-state index is 10.4. The molecule has 0 atom stereocenters. The highest BCUT2D eigenvalue weighted by Gasteiger charge is 2.08. The van der Waals surface area contributed by atoms with E-state index >= 15 is 0 Å². The standard InChI is InChI=1S/C9H7N.C8H7N3O2/c1-2-6-9-8(4-1)5-3-7-10-9;9-4-1-2-5-7(8(4)13)11-6(3-12)10-5/h1-7H;1-3,13H,9H2,(H,10,11). The second-order valence-electron chi connectivity index (χ2n) is 4.84. The number of imidazole rings is 1. The van der Waals surface area contributed by atoms with Crippen LogP contribution in [0.2, 0.25) is 0 Å². The Balaban J connectivity index is 0.000000140. The molecule has 0 saturated carbocycles. The second-order valence-corrected chi connectivity index (χ2v) is 4.84. The van der Waals surface area contributed by atoms with Crippen LogP contribution in [-0.4, -0.2) is 26.3 Å². The van der Waals surface area contributed by atoms with Crippen molar-refractivity contribution in [3.8, 4) is 5.75 Å². The average Bonchev–Trinajstić information content (AvgIpc) is 3.03. The van der Waals surface area contributed by atoms with Crippen LogP contribution in [0, 0.1) is 0 Å². The zero-order valence-electron chi connectivity index (χ0n) is 12.1. The van der Waals surface area contributed by atoms with Gasteiger partial charge in [-0.1, -0.05) is 24.3 Å². The van der Waals surface area contributed by atoms with Crippen molar-refractivity contribution in [2.45, 2.75) is 0 Å². The average molecular weight is 306 g/mol. The van der Waals surface area contributed by atoms with Gasteiger partial charge in [0.25, 0.3) is 0 Å². The van der Waals surface area contributed by atoms with E-state index in [9.17, 15) is 9.90 Å². The molecule has 0 saturated heterocycles. The van der Waals surface area contributed by atoms with E-state index in [-0.39, 0.29) is 17.3 Å². The Kier molecular flexibility index (Phi) is 3.88. The number of nitrogens with two attached hydrogens (primary N) is 1. The van der Waals surface area contributed by atoms with Crippen LogP contribution in [-0.2, 0) is 0 Å². The molecule has 6 heteroatoms. The van der Waals surface area contributed by atoms with Crippen LogP contribution in [0.4, 0.5) is 5.69 Å². The number of nitrogens with one attached hydrogen (secondary N) is 1. The highest BCUT2D eigenvalue weighted by molar-refractivity contribution is 5.90. The molecular weight excluding hydrogens is 292 g/mol. The molecule has 0 aliphatic carbocycles. The number of rotatable bonds is 1. The van der Waals surface area contributed by atoms with Crippen LogP contribution in [0.15, 0.2) is 54.7 Å². The number of hydrogen-bond donors (Lipinski definition) is 3. The van der Waals surface area contributed by atoms with Gasteiger partial charge < -0.3 is 15.8 Å². The molecule has 2 heterocycles. The van der Waals surface area contributed by atoms with Crippen LogP contribution in [0.1, 0.15) is 10.6 Å². The Bertz CT molecular complexity index is 913. The van der Waals surface area contributed by atoms with Crippen molar-refractivity contribution in [3.05, 3.63) is 60.6 Å². The summed E-state index contributed by atoms with van der Waals surface area (Å²) in [5.41, 5.74) is 7.66. The molecule has 0 unspecified atom stereocenters. The summed E-state index contributed by atoms with van der Waals surface area (Å²) in [6.07, 6.45) is 2.39. The SMILES string of the molecule is Nc1ccc2[nH]c(C=O)nc2c1O.c1ccc2ncccc2c1. The summed E-state index contributed by atoms with van der Waals surface area (Å²) in [4.78, 5) is 21.1. The number of fused-ring (bicyclic) bond motifs is 2. The summed E-state index contributed by atoms with van der Waals surface area (Å²) in [7, 11) is 0. The van der Waals surface area contributed by atoms with Gasteiger partial charge in [-0.25, -0.2) is 4.98 Å². The summed E-state index contributed by atoms with van der Waals surface area (Å²) in [6, 6.07) is 15.3. The third-order valence-corrected chi connectivity index (χ3v) is 3.30. The number of nitrogens with zero attached hydrogens (tertiary/aromatic N) is 2. The molecule has 2 aromatic heterocycles. The number of anilines is 1. The molecule has 4 aromatic rings. The zero-order valence-corrected chi connectivity index (χ0v) is 12.1. The smallest absolute Gasteiger partial charge is 0.185 e. The van der Waals surface area contributed by atoms with Crippen LogP contribution in [0.3, 0.4) is 0 Å². The molecule has 0 aliphatic rings. The van der Waals surface area contributed by atoms with Gasteiger partial charge in [0, 0.05) is 11.6 Å². The topological polar surface area (TPSA) is 105 Å². The number of para-hydroxylation sites is 1. The van der Waals surface area contributed by atoms with Crippen LogP contribution in [0.5, 0.6) is 5.75 Å². The van der Waals surface area contributed by atoms with Crippen molar-refractivity contribution in [1.82, 2.24) is 15.0 Å². The quantitative estimate of drug-likeness (QED) is 0.285. The number of pyridine rings is 1. The first-order valence-corrected chi connectivity index (χ1v) is 6.91. The first-order chi connectivity index (χ1) is 11.2. The molecule has 6 nitrogen and oxygen atoms in total. The van der Waals surface area contributed by atoms with Crippen molar-refractivity contribution in [2.24, 2.45) is 0 Å². The fraction of sp³-hybridized carbons (Fsp3) is 0. The normalized spacial score (nSPS) is 10.3. The Morgan fingerprint density at radius 1 is 1.09 bits per heavy atom. The molecule has 0 aliphatic heterocycles. The van der Waals surface area contributed by atoms with E-state index in [1.54, 1.807) is 12.1 Å². The van der Waals surface area contributed by atoms with E-state index in [4.69, 9.17) is 5.73 Å². The lowest BCUT2D eigenvalue weighted by molar-refractivity contribution is 0.111. The second kappa shape index (κ2) is 6.15. The molecular formula is C17H14N4O2. The monoisotopic (exact) mass is 306 g/mol. The number of nitrogen functional groups attached to an aromatic ring is 1. The predicted octanol–water partition coefficient (Wildman–Crippen LogP) is 2.90. The van der Waals surface area contributed by atoms with Gasteiger partial charge in [-0.2, -0.15) is 0 Å². The molecule has 0 bridgehead atoms. The number of phenolic OH excluding ortho intramolecular Hbond substituents is 1. The van der Waals surface area contributed by atoms with E-state index in [0.717, 1.165) is 5.52 Å². The highest BCUT2D eigenvalue weighted by atomic mass is 16.3. The molecule has 4 N–H and O–H groups in total. The summed E-state index contributed by atoms with van der Waals surface area (Å²) in [5, 5.41) is 10.6. The molecule has 23 heavy (non-hydrogen) atoms. The number of H-pyrrole nitrogens is 1. The van der Waals surface area contributed by atoms with Gasteiger partial charge in [-0.3, -0.25) is 9.78 Å². The molecule has 0 radical (unpaired) electrons. The minimum atomic E-state index is -0.0955. The van der Waals surface area contributed by atoms with Gasteiger partial charge in [0.2, 0.25) is 0 Å². The number of carbonyl (C=O) groups excluding carboxylic acids is 1. The maximum atomic E-state index is 10.4. The number of aromatic hydroxyl groups is 1. The number of benzene rings is 2. The number of carbonyl (C=O) groups is 1. The number of phenols is 1. The molecule has 0 fully saturated rings. The van der Waals surface area contributed by atoms with Crippen molar-refractivity contribution in [3.63, 3.8) is 0 Å². The zero-order chi connectivity index (χ0) is 16.2. The van der Waals surface area contributed by atoms with E-state index in [2.05, 4.69) is 27.1 Å². The van der Waals surface area contributed by atoms with Gasteiger partial charge in [-0.05, 0) is 24.3 Å². The fourth-order valence-electron chi connectivity index (χ4n) is 2.17. The van der Waals surface area contributed by atoms with Crippen molar-refractivity contribution >= 4 is 33.9 Å². The minimum absolute atomic E-state index is 0.0955. The lowest BCUT2D eigenvalue weighted by atomic mass is 10.2. The predicted molar refractivity (Wildman–Crippen MR) is 89.3 cm³/mol. The first-order valence-electron chi connectivity index (χ1n) is 6.91. The number of aromatic amines is 1. The minimum Gasteiger partial charge on any atom is -0.504 e. The molecule has 114 valence electrons. The molecule has 0 spiro atoms. The Morgan fingerprint density at radius 3 is 2.65 bits per heavy atom. The van der Waals surface area contributed by atoms with Gasteiger partial charge in [0.15, 0.2) is 17.9 Å². The van der Waals surface area contributed by atoms with Gasteiger partial charge >= 0.3 is 0 Å². The number of aromatic nitrogens is 3. The first kappa shape index (κ1) is 14.5. The van der Waals surface area contributed by atoms with Crippen LogP contribution < -0.4 is 5.73 Å². The summed E-state index contributed by atoms with van der Waals surface area (Å²) >= 11 is 0. The fourth-order valence-corrected chi connectivity index (χ4v) is 2.17. The van der Waals surface area contributed by atoms with Gasteiger partial charge in [0.1, 0.15) is 5.52 Å². The van der Waals surface area contributed by atoms with E-state index in [1.807, 2.05) is 30.5 Å². The van der Waals surface area contributed by atoms with Crippen molar-refractivity contribution < 1.29 is 9.90 Å². The van der Waals surface area contributed by atoms with Crippen LogP contribution in [0.25, 0.3) is 21.9 Å². The Morgan fingerprint density at radius 2 is 1.87 bits per heavy atom. The van der Waals surface area contributed by atoms with Crippen molar-refractivity contribution in [1.29, 1.82) is 0 Å². The molecule has 2 aromatic carbocycles. The maximum Gasteiger partial charge on any atom is 0.185 e. The molecule has 4 rings (SSSR count). The summed E-state index contributed by atoms with van der Waals surface area (Å²) < 4.78 is 0. The Labute approximate surface area is 131 Å². The Hall–Kier alpha value is -3.41. The third-order valence-electron chi connectivity index (χ3n) is 3.30. The van der Waals surface area contributed by atoms with E-state index in [1.165, 1.54) is 5.39 Å². The van der Waals surface area contributed by atoms with Crippen LogP contribution >= 0.6 is 0 Å². The highest BCUT2D eigenvalue weighted by Crippen LogP contribution is 2.28. The third kappa shape index (κ3) is 2.96. The van der Waals surface area contributed by atoms with Crippen molar-refractivity contribution in [2.75, 3.05) is 5.73 Å². The van der Waals surface area contributed by atoms with E-state index < -0.39 is 0 Å². The summed E-state index contributed by atoms with van der Waals surface area (Å²) in [5.74, 6) is 0.0813. The largest absolute Gasteiger partial charge is 0.504 e. The molecule has 0 amide bonds. The van der Waals surface area contributed by atoms with E-state index in [0.29, 0.717) is 17.3 Å². The van der Waals surface area contributed by atoms with Gasteiger partial charge in [-0.15, -0.1) is 0 Å². The lowest BCUT2D eigenvalue weighted by Crippen LogP contribution is -1.85.